The SMILES string of the molecule is c1ccc(-c2cc(-c3ccc(-c4c(-c5ccccc5)n5ncc(-c6ccccc6)c5c5ccccc45)cc3)nc(-c3ccc4c(c3)C3(c5ccccc5-c5ccccc53)c3ccccc3-4)n2)cc1. The average molecular weight is 865 g/mol. The molecule has 68 heavy (non-hydrogen) atoms. The first-order chi connectivity index (χ1) is 33.7. The molecular weight excluding hydrogens is 825 g/mol. The first-order valence-corrected chi connectivity index (χ1v) is 23.3. The van der Waals surface area contributed by atoms with Crippen LogP contribution in [0.2, 0.25) is 0 Å². The molecule has 0 N–H and O–H groups in total. The van der Waals surface area contributed by atoms with Gasteiger partial charge in [0.15, 0.2) is 5.82 Å². The second kappa shape index (κ2) is 15.0. The smallest absolute Gasteiger partial charge is 0.160 e. The van der Waals surface area contributed by atoms with Crippen LogP contribution in [0.3, 0.4) is 0 Å². The monoisotopic (exact) mass is 864 g/mol. The summed E-state index contributed by atoms with van der Waals surface area (Å²) in [5.41, 5.74) is 22.3. The minimum absolute atomic E-state index is 0.462. The van der Waals surface area contributed by atoms with E-state index >= 15 is 0 Å². The van der Waals surface area contributed by atoms with Crippen molar-refractivity contribution in [2.45, 2.75) is 5.41 Å². The van der Waals surface area contributed by atoms with Gasteiger partial charge in [0, 0.05) is 38.8 Å². The summed E-state index contributed by atoms with van der Waals surface area (Å²) in [6.07, 6.45) is 2.01. The Kier molecular flexibility index (Phi) is 8.46. The summed E-state index contributed by atoms with van der Waals surface area (Å²) >= 11 is 0. The predicted molar refractivity (Wildman–Crippen MR) is 277 cm³/mol. The normalized spacial score (nSPS) is 12.8. The average Bonchev–Trinajstić information content (AvgIpc) is 4.09. The van der Waals surface area contributed by atoms with Crippen molar-refractivity contribution in [2.24, 2.45) is 0 Å². The number of hydrogen-bond acceptors (Lipinski definition) is 3. The van der Waals surface area contributed by atoms with Gasteiger partial charge in [-0.3, -0.25) is 0 Å². The summed E-state index contributed by atoms with van der Waals surface area (Å²) < 4.78 is 2.15. The maximum Gasteiger partial charge on any atom is 0.160 e. The molecule has 0 amide bonds. The third-order valence-electron chi connectivity index (χ3n) is 14.3. The van der Waals surface area contributed by atoms with E-state index in [0.29, 0.717) is 5.82 Å². The molecule has 0 saturated heterocycles. The summed E-state index contributed by atoms with van der Waals surface area (Å²) in [6.45, 7) is 0. The highest BCUT2D eigenvalue weighted by Gasteiger charge is 2.51. The molecule has 2 aliphatic carbocycles. The van der Waals surface area contributed by atoms with Crippen LogP contribution in [-0.4, -0.2) is 19.6 Å². The number of pyridine rings is 1. The van der Waals surface area contributed by atoms with Crippen molar-refractivity contribution in [3.05, 3.63) is 265 Å². The molecule has 0 saturated carbocycles. The van der Waals surface area contributed by atoms with E-state index in [9.17, 15) is 0 Å². The van der Waals surface area contributed by atoms with Gasteiger partial charge >= 0.3 is 0 Å². The zero-order chi connectivity index (χ0) is 44.8. The Balaban J connectivity index is 0.945. The number of nitrogens with zero attached hydrogens (tertiary/aromatic N) is 4. The van der Waals surface area contributed by atoms with Gasteiger partial charge in [0.2, 0.25) is 0 Å². The van der Waals surface area contributed by atoms with E-state index in [1.807, 2.05) is 6.20 Å². The summed E-state index contributed by atoms with van der Waals surface area (Å²) in [7, 11) is 0. The van der Waals surface area contributed by atoms with Crippen LogP contribution in [0, 0.1) is 0 Å². The van der Waals surface area contributed by atoms with Crippen LogP contribution in [0.15, 0.2) is 243 Å². The summed E-state index contributed by atoms with van der Waals surface area (Å²) in [6, 6.07) is 85.2. The zero-order valence-corrected chi connectivity index (χ0v) is 36.9. The second-order valence-electron chi connectivity index (χ2n) is 17.9. The van der Waals surface area contributed by atoms with Crippen LogP contribution in [0.25, 0.3) is 106 Å². The molecule has 0 radical (unpaired) electrons. The van der Waals surface area contributed by atoms with Crippen LogP contribution in [-0.2, 0) is 5.41 Å². The lowest BCUT2D eigenvalue weighted by atomic mass is 9.70. The van der Waals surface area contributed by atoms with Gasteiger partial charge in [-0.25, -0.2) is 14.5 Å². The third-order valence-corrected chi connectivity index (χ3v) is 14.3. The van der Waals surface area contributed by atoms with Crippen molar-refractivity contribution in [1.82, 2.24) is 19.6 Å². The molecular formula is C64H40N4. The lowest BCUT2D eigenvalue weighted by Crippen LogP contribution is -2.25. The molecule has 3 aromatic heterocycles. The second-order valence-corrected chi connectivity index (χ2v) is 17.9. The van der Waals surface area contributed by atoms with Gasteiger partial charge in [0.05, 0.1) is 34.2 Å². The maximum atomic E-state index is 5.44. The van der Waals surface area contributed by atoms with Crippen molar-refractivity contribution < 1.29 is 0 Å². The molecule has 316 valence electrons. The molecule has 9 aromatic carbocycles. The molecule has 0 unspecified atom stereocenters. The lowest BCUT2D eigenvalue weighted by molar-refractivity contribution is 0.794. The van der Waals surface area contributed by atoms with Gasteiger partial charge in [-0.15, -0.1) is 0 Å². The topological polar surface area (TPSA) is 43.1 Å². The molecule has 0 fully saturated rings. The first kappa shape index (κ1) is 38.3. The van der Waals surface area contributed by atoms with Crippen LogP contribution in [0.5, 0.6) is 0 Å². The molecule has 2 aliphatic rings. The van der Waals surface area contributed by atoms with Crippen molar-refractivity contribution in [1.29, 1.82) is 0 Å². The van der Waals surface area contributed by atoms with Crippen LogP contribution in [0.4, 0.5) is 0 Å². The van der Waals surface area contributed by atoms with Crippen LogP contribution < -0.4 is 0 Å². The largest absolute Gasteiger partial charge is 0.231 e. The van der Waals surface area contributed by atoms with Crippen LogP contribution in [0.1, 0.15) is 22.3 Å². The predicted octanol–water partition coefficient (Wildman–Crippen LogP) is 15.6. The van der Waals surface area contributed by atoms with Gasteiger partial charge in [-0.05, 0) is 73.2 Å². The minimum atomic E-state index is -0.462. The van der Waals surface area contributed by atoms with Gasteiger partial charge < -0.3 is 0 Å². The molecule has 0 aliphatic heterocycles. The fourth-order valence-electron chi connectivity index (χ4n) is 11.4. The van der Waals surface area contributed by atoms with E-state index in [4.69, 9.17) is 15.1 Å². The van der Waals surface area contributed by atoms with Crippen molar-refractivity contribution in [3.8, 4) is 89.7 Å². The van der Waals surface area contributed by atoms with Crippen LogP contribution >= 0.6 is 0 Å². The summed E-state index contributed by atoms with van der Waals surface area (Å²) in [5.74, 6) is 0.689. The Morgan fingerprint density at radius 3 is 1.38 bits per heavy atom. The van der Waals surface area contributed by atoms with E-state index in [1.165, 1.54) is 49.9 Å². The molecule has 4 heteroatoms. The van der Waals surface area contributed by atoms with Crippen molar-refractivity contribution >= 4 is 16.3 Å². The van der Waals surface area contributed by atoms with Crippen molar-refractivity contribution in [2.75, 3.05) is 0 Å². The van der Waals surface area contributed by atoms with Gasteiger partial charge in [-0.1, -0.05) is 224 Å². The zero-order valence-electron chi connectivity index (χ0n) is 36.9. The van der Waals surface area contributed by atoms with E-state index in [0.717, 1.165) is 72.5 Å². The quantitative estimate of drug-likeness (QED) is 0.167. The highest BCUT2D eigenvalue weighted by atomic mass is 15.2. The summed E-state index contributed by atoms with van der Waals surface area (Å²) in [4.78, 5) is 10.8. The molecule has 4 nitrogen and oxygen atoms in total. The first-order valence-electron chi connectivity index (χ1n) is 23.3. The van der Waals surface area contributed by atoms with E-state index in [-0.39, 0.29) is 0 Å². The number of aromatic nitrogens is 4. The Morgan fingerprint density at radius 2 is 0.779 bits per heavy atom. The lowest BCUT2D eigenvalue weighted by Gasteiger charge is -2.30. The number of rotatable bonds is 6. The molecule has 0 bridgehead atoms. The Hall–Kier alpha value is -8.99. The van der Waals surface area contributed by atoms with Gasteiger partial charge in [-0.2, -0.15) is 5.10 Å². The Bertz CT molecular complexity index is 3880. The number of benzene rings is 9. The molecule has 1 spiro atoms. The summed E-state index contributed by atoms with van der Waals surface area (Å²) in [5, 5.41) is 7.45. The molecule has 12 aromatic rings. The van der Waals surface area contributed by atoms with Gasteiger partial charge in [0.25, 0.3) is 0 Å². The van der Waals surface area contributed by atoms with E-state index in [2.05, 4.69) is 241 Å². The fourth-order valence-corrected chi connectivity index (χ4v) is 11.4. The fraction of sp³-hybridized carbons (Fsp3) is 0.0156. The van der Waals surface area contributed by atoms with Gasteiger partial charge in [0.1, 0.15) is 0 Å². The standard InChI is InChI=1S/C64H40N4/c1-4-18-41(19-5-1)53-40-65-68-61(45-22-8-3-9-23-45)60(51-27-10-11-28-52(51)62(53)68)44-34-32-43(33-35-44)59-39-58(42-20-6-2-7-21-42)66-63(67-59)46-36-37-50-49-26-14-17-31-56(49)64(57(50)38-46)54-29-15-12-24-47(54)48-25-13-16-30-55(48)64/h1-40H. The number of fused-ring (bicyclic) bond motifs is 13. The van der Waals surface area contributed by atoms with Crippen molar-refractivity contribution in [3.63, 3.8) is 0 Å². The Labute approximate surface area is 394 Å². The maximum absolute atomic E-state index is 5.44. The highest BCUT2D eigenvalue weighted by Crippen LogP contribution is 2.63. The molecule has 3 heterocycles. The molecule has 14 rings (SSSR count). The van der Waals surface area contributed by atoms with E-state index < -0.39 is 5.41 Å². The molecule has 0 atom stereocenters. The minimum Gasteiger partial charge on any atom is -0.231 e. The number of hydrogen-bond donors (Lipinski definition) is 0. The third kappa shape index (κ3) is 5.58. The van der Waals surface area contributed by atoms with E-state index in [1.54, 1.807) is 0 Å². The Morgan fingerprint density at radius 1 is 0.324 bits per heavy atom. The highest BCUT2D eigenvalue weighted by molar-refractivity contribution is 6.13.